The molecular formula is C20H21F3N6O. The van der Waals surface area contributed by atoms with E-state index in [1.807, 2.05) is 0 Å². The Morgan fingerprint density at radius 3 is 2.63 bits per heavy atom. The van der Waals surface area contributed by atoms with Crippen molar-refractivity contribution in [3.05, 3.63) is 59.8 Å². The number of aromatic nitrogens is 2. The topological polar surface area (TPSA) is 111 Å². The van der Waals surface area contributed by atoms with Crippen LogP contribution >= 0.6 is 0 Å². The lowest BCUT2D eigenvalue weighted by Crippen LogP contribution is -2.14. The van der Waals surface area contributed by atoms with Crippen LogP contribution in [0.1, 0.15) is 12.5 Å². The number of benzene rings is 1. The molecule has 0 amide bonds. The van der Waals surface area contributed by atoms with Crippen LogP contribution in [0.2, 0.25) is 0 Å². The number of anilines is 4. The molecule has 1 aromatic heterocycles. The van der Waals surface area contributed by atoms with E-state index in [2.05, 4.69) is 26.5 Å². The Hall–Kier alpha value is -3.87. The van der Waals surface area contributed by atoms with Gasteiger partial charge in [-0.05, 0) is 25.1 Å². The Kier molecular flexibility index (Phi) is 7.14. The van der Waals surface area contributed by atoms with Crippen LogP contribution in [0.4, 0.5) is 36.3 Å². The molecule has 158 valence electrons. The number of allylic oxidation sites excluding steroid dienone is 2. The molecule has 7 nitrogen and oxygen atoms in total. The van der Waals surface area contributed by atoms with Crippen LogP contribution in [0.25, 0.3) is 0 Å². The molecule has 2 aromatic rings. The maximum absolute atomic E-state index is 13.4. The number of nitrogen functional groups attached to an aromatic ring is 1. The number of hydrogen-bond acceptors (Lipinski definition) is 7. The average molecular weight is 418 g/mol. The van der Waals surface area contributed by atoms with Crippen molar-refractivity contribution >= 4 is 23.1 Å². The van der Waals surface area contributed by atoms with Gasteiger partial charge in [-0.25, -0.2) is 4.98 Å². The summed E-state index contributed by atoms with van der Waals surface area (Å²) in [5.41, 5.74) is 11.3. The summed E-state index contributed by atoms with van der Waals surface area (Å²) in [7, 11) is 1.37. The van der Waals surface area contributed by atoms with E-state index >= 15 is 0 Å². The first-order chi connectivity index (χ1) is 14.1. The fourth-order valence-electron chi connectivity index (χ4n) is 2.27. The quantitative estimate of drug-likeness (QED) is 0.234. The van der Waals surface area contributed by atoms with Gasteiger partial charge in [0, 0.05) is 23.9 Å². The Labute approximate surface area is 172 Å². The second-order valence-corrected chi connectivity index (χ2v) is 6.12. The first-order valence-corrected chi connectivity index (χ1v) is 8.66. The number of nitrogens with one attached hydrogen (secondary N) is 2. The minimum absolute atomic E-state index is 0.0558. The van der Waals surface area contributed by atoms with Gasteiger partial charge in [0.05, 0.1) is 18.5 Å². The zero-order chi connectivity index (χ0) is 22.3. The lowest BCUT2D eigenvalue weighted by Gasteiger charge is -2.16. The largest absolute Gasteiger partial charge is 0.483 e. The average Bonchev–Trinajstić information content (AvgIpc) is 2.68. The molecule has 0 saturated carbocycles. The summed E-state index contributed by atoms with van der Waals surface area (Å²) < 4.78 is 45.2. The van der Waals surface area contributed by atoms with Crippen molar-refractivity contribution in [2.75, 3.05) is 23.5 Å². The third-order valence-corrected chi connectivity index (χ3v) is 3.79. The number of alkyl halides is 3. The number of hydrogen-bond donors (Lipinski definition) is 4. The monoisotopic (exact) mass is 418 g/mol. The predicted molar refractivity (Wildman–Crippen MR) is 110 cm³/mol. The molecule has 0 aliphatic carbocycles. The normalized spacial score (nSPS) is 13.3. The van der Waals surface area contributed by atoms with E-state index < -0.39 is 17.6 Å². The van der Waals surface area contributed by atoms with E-state index in [4.69, 9.17) is 22.6 Å². The van der Waals surface area contributed by atoms with Gasteiger partial charge in [-0.2, -0.15) is 18.2 Å². The molecule has 6 N–H and O–H groups in total. The summed E-state index contributed by atoms with van der Waals surface area (Å²) in [4.78, 5) is 7.73. The van der Waals surface area contributed by atoms with Crippen LogP contribution in [0, 0.1) is 18.3 Å². The predicted octanol–water partition coefficient (Wildman–Crippen LogP) is 3.83. The maximum atomic E-state index is 13.4. The smallest absolute Gasteiger partial charge is 0.421 e. The van der Waals surface area contributed by atoms with Crippen molar-refractivity contribution in [1.29, 1.82) is 0 Å². The van der Waals surface area contributed by atoms with Crippen LogP contribution < -0.4 is 22.1 Å². The summed E-state index contributed by atoms with van der Waals surface area (Å²) in [5.74, 6) is 1.68. The highest BCUT2D eigenvalue weighted by Crippen LogP contribution is 2.36. The molecule has 0 spiro atoms. The molecule has 1 unspecified atom stereocenters. The molecule has 2 rings (SSSR count). The van der Waals surface area contributed by atoms with E-state index in [9.17, 15) is 13.2 Å². The van der Waals surface area contributed by atoms with Crippen molar-refractivity contribution in [2.45, 2.75) is 13.1 Å². The van der Waals surface area contributed by atoms with Crippen molar-refractivity contribution < 1.29 is 17.9 Å². The standard InChI is InChI=1S/C20H21F3N6O/c1-4-12(2)9-13(10-17(25)30-3)27-19-26-11-14(20(21,22)23)18(29-19)28-16-8-6-5-7-15(16)24/h1,5-12H,24-25H2,2-3H3,(H2,26,27,28,29)/b13-9+,17-10+. The molecule has 0 aliphatic heterocycles. The highest BCUT2D eigenvalue weighted by atomic mass is 19.4. The van der Waals surface area contributed by atoms with E-state index in [1.54, 1.807) is 31.2 Å². The van der Waals surface area contributed by atoms with Crippen LogP contribution in [0.5, 0.6) is 0 Å². The van der Waals surface area contributed by atoms with E-state index in [0.717, 1.165) is 0 Å². The first kappa shape index (κ1) is 22.4. The number of halogens is 3. The van der Waals surface area contributed by atoms with E-state index in [-0.39, 0.29) is 29.1 Å². The Bertz CT molecular complexity index is 995. The number of nitrogens with two attached hydrogens (primary N) is 2. The second kappa shape index (κ2) is 9.56. The molecule has 1 atom stereocenters. The molecule has 0 bridgehead atoms. The molecule has 30 heavy (non-hydrogen) atoms. The Balaban J connectivity index is 2.47. The number of para-hydroxylation sites is 2. The van der Waals surface area contributed by atoms with Gasteiger partial charge in [0.2, 0.25) is 5.95 Å². The van der Waals surface area contributed by atoms with E-state index in [0.29, 0.717) is 11.9 Å². The van der Waals surface area contributed by atoms with Gasteiger partial charge in [-0.3, -0.25) is 0 Å². The zero-order valence-corrected chi connectivity index (χ0v) is 16.3. The second-order valence-electron chi connectivity index (χ2n) is 6.12. The van der Waals surface area contributed by atoms with Gasteiger partial charge in [0.25, 0.3) is 0 Å². The van der Waals surface area contributed by atoms with Crippen LogP contribution in [0.15, 0.2) is 54.2 Å². The summed E-state index contributed by atoms with van der Waals surface area (Å²) in [6, 6.07) is 6.38. The van der Waals surface area contributed by atoms with Gasteiger partial charge < -0.3 is 26.8 Å². The number of nitrogens with zero attached hydrogens (tertiary/aromatic N) is 2. The minimum Gasteiger partial charge on any atom is -0.483 e. The highest BCUT2D eigenvalue weighted by molar-refractivity contribution is 5.72. The zero-order valence-electron chi connectivity index (χ0n) is 16.3. The molecule has 0 saturated heterocycles. The van der Waals surface area contributed by atoms with Crippen LogP contribution in [0.3, 0.4) is 0 Å². The highest BCUT2D eigenvalue weighted by Gasteiger charge is 2.35. The molecular weight excluding hydrogens is 397 g/mol. The Morgan fingerprint density at radius 2 is 2.03 bits per heavy atom. The maximum Gasteiger partial charge on any atom is 0.421 e. The van der Waals surface area contributed by atoms with Gasteiger partial charge in [-0.15, -0.1) is 6.42 Å². The lowest BCUT2D eigenvalue weighted by atomic mass is 10.1. The summed E-state index contributed by atoms with van der Waals surface area (Å²) in [6.45, 7) is 1.75. The Morgan fingerprint density at radius 1 is 1.33 bits per heavy atom. The molecule has 10 heteroatoms. The molecule has 1 heterocycles. The molecule has 0 radical (unpaired) electrons. The van der Waals surface area contributed by atoms with Gasteiger partial charge in [0.1, 0.15) is 11.4 Å². The van der Waals surface area contributed by atoms with E-state index in [1.165, 1.54) is 19.3 Å². The summed E-state index contributed by atoms with van der Waals surface area (Å²) >= 11 is 0. The molecule has 0 fully saturated rings. The minimum atomic E-state index is -4.68. The number of rotatable bonds is 7. The molecule has 1 aromatic carbocycles. The van der Waals surface area contributed by atoms with Gasteiger partial charge in [0.15, 0.2) is 5.88 Å². The lowest BCUT2D eigenvalue weighted by molar-refractivity contribution is -0.137. The van der Waals surface area contributed by atoms with Crippen molar-refractivity contribution in [3.63, 3.8) is 0 Å². The van der Waals surface area contributed by atoms with Gasteiger partial charge >= 0.3 is 6.18 Å². The number of ether oxygens (including phenoxy) is 1. The summed E-state index contributed by atoms with van der Waals surface area (Å²) in [6.07, 6.45) is 4.41. The van der Waals surface area contributed by atoms with Crippen molar-refractivity contribution in [1.82, 2.24) is 9.97 Å². The number of terminal acetylenes is 1. The van der Waals surface area contributed by atoms with Crippen LogP contribution in [-0.4, -0.2) is 17.1 Å². The fraction of sp³-hybridized carbons (Fsp3) is 0.200. The summed E-state index contributed by atoms with van der Waals surface area (Å²) in [5, 5.41) is 5.41. The fourth-order valence-corrected chi connectivity index (χ4v) is 2.27. The first-order valence-electron chi connectivity index (χ1n) is 8.66. The number of methoxy groups -OCH3 is 1. The van der Waals surface area contributed by atoms with Crippen molar-refractivity contribution in [3.8, 4) is 12.3 Å². The van der Waals surface area contributed by atoms with Crippen LogP contribution in [-0.2, 0) is 10.9 Å². The molecule has 0 aliphatic rings. The van der Waals surface area contributed by atoms with Crippen molar-refractivity contribution in [2.24, 2.45) is 11.7 Å². The SMILES string of the molecule is C#CC(C)/C=C(\C=C(/N)OC)Nc1ncc(C(F)(F)F)c(Nc2ccccc2N)n1. The van der Waals surface area contributed by atoms with Gasteiger partial charge in [-0.1, -0.05) is 18.1 Å². The third-order valence-electron chi connectivity index (χ3n) is 3.79. The third kappa shape index (κ3) is 6.07.